The fourth-order valence-electron chi connectivity index (χ4n) is 3.02. The van der Waals surface area contributed by atoms with Crippen LogP contribution in [0.4, 0.5) is 11.4 Å². The first kappa shape index (κ1) is 15.4. The SMILES string of the molecule is COc1ccc2nc3ccccc3c(Nc3cccc(CO)c3)c2c1. The molecule has 3 aromatic carbocycles. The smallest absolute Gasteiger partial charge is 0.119 e. The van der Waals surface area contributed by atoms with E-state index in [0.29, 0.717) is 0 Å². The maximum atomic E-state index is 9.39. The van der Waals surface area contributed by atoms with Gasteiger partial charge in [-0.1, -0.05) is 30.3 Å². The lowest BCUT2D eigenvalue weighted by molar-refractivity contribution is 0.282. The number of anilines is 2. The van der Waals surface area contributed by atoms with Crippen LogP contribution >= 0.6 is 0 Å². The van der Waals surface area contributed by atoms with E-state index in [9.17, 15) is 5.11 Å². The molecule has 0 unspecified atom stereocenters. The van der Waals surface area contributed by atoms with E-state index < -0.39 is 0 Å². The summed E-state index contributed by atoms with van der Waals surface area (Å²) in [6.45, 7) is 0.0151. The molecule has 25 heavy (non-hydrogen) atoms. The second-order valence-corrected chi connectivity index (χ2v) is 5.87. The summed E-state index contributed by atoms with van der Waals surface area (Å²) in [6, 6.07) is 21.7. The van der Waals surface area contributed by atoms with E-state index >= 15 is 0 Å². The predicted molar refractivity (Wildman–Crippen MR) is 101 cm³/mol. The van der Waals surface area contributed by atoms with Crippen LogP contribution in [0.1, 0.15) is 5.56 Å². The van der Waals surface area contributed by atoms with E-state index in [-0.39, 0.29) is 6.61 Å². The number of aromatic nitrogens is 1. The predicted octanol–water partition coefficient (Wildman–Crippen LogP) is 4.63. The Morgan fingerprint density at radius 1 is 0.920 bits per heavy atom. The second kappa shape index (κ2) is 6.42. The molecule has 0 bridgehead atoms. The number of fused-ring (bicyclic) bond motifs is 2. The minimum Gasteiger partial charge on any atom is -0.497 e. The van der Waals surface area contributed by atoms with Gasteiger partial charge in [0, 0.05) is 16.5 Å². The number of aliphatic hydroxyl groups is 1. The van der Waals surface area contributed by atoms with Crippen LogP contribution in [0.15, 0.2) is 66.7 Å². The molecule has 0 amide bonds. The Hall–Kier alpha value is -3.11. The summed E-state index contributed by atoms with van der Waals surface area (Å²) >= 11 is 0. The van der Waals surface area contributed by atoms with Crippen LogP contribution in [0.25, 0.3) is 21.8 Å². The molecule has 0 fully saturated rings. The highest BCUT2D eigenvalue weighted by atomic mass is 16.5. The molecular weight excluding hydrogens is 312 g/mol. The lowest BCUT2D eigenvalue weighted by Crippen LogP contribution is -1.96. The van der Waals surface area contributed by atoms with Gasteiger partial charge in [-0.2, -0.15) is 0 Å². The van der Waals surface area contributed by atoms with Crippen LogP contribution < -0.4 is 10.1 Å². The summed E-state index contributed by atoms with van der Waals surface area (Å²) in [5.74, 6) is 0.789. The van der Waals surface area contributed by atoms with Crippen LogP contribution in [-0.4, -0.2) is 17.2 Å². The van der Waals surface area contributed by atoms with Gasteiger partial charge in [0.15, 0.2) is 0 Å². The van der Waals surface area contributed by atoms with E-state index in [4.69, 9.17) is 9.72 Å². The summed E-state index contributed by atoms with van der Waals surface area (Å²) in [5.41, 5.74) is 4.60. The summed E-state index contributed by atoms with van der Waals surface area (Å²) in [5, 5.41) is 14.9. The third-order valence-corrected chi connectivity index (χ3v) is 4.27. The third-order valence-electron chi connectivity index (χ3n) is 4.27. The highest BCUT2D eigenvalue weighted by molar-refractivity contribution is 6.09. The molecule has 0 saturated carbocycles. The largest absolute Gasteiger partial charge is 0.497 e. The molecule has 4 aromatic rings. The van der Waals surface area contributed by atoms with E-state index in [1.807, 2.05) is 60.7 Å². The number of pyridine rings is 1. The third kappa shape index (κ3) is 2.88. The van der Waals surface area contributed by atoms with Gasteiger partial charge in [-0.3, -0.25) is 0 Å². The van der Waals surface area contributed by atoms with Crippen molar-refractivity contribution in [3.63, 3.8) is 0 Å². The second-order valence-electron chi connectivity index (χ2n) is 5.87. The molecule has 1 heterocycles. The number of aliphatic hydroxyl groups excluding tert-OH is 1. The molecule has 0 aliphatic carbocycles. The maximum Gasteiger partial charge on any atom is 0.119 e. The number of ether oxygens (including phenoxy) is 1. The van der Waals surface area contributed by atoms with Crippen LogP contribution in [0.5, 0.6) is 5.75 Å². The monoisotopic (exact) mass is 330 g/mol. The molecule has 0 aliphatic rings. The van der Waals surface area contributed by atoms with Gasteiger partial charge in [-0.15, -0.1) is 0 Å². The van der Waals surface area contributed by atoms with Crippen LogP contribution in [0.2, 0.25) is 0 Å². The first-order valence-corrected chi connectivity index (χ1v) is 8.12. The molecule has 0 radical (unpaired) electrons. The van der Waals surface area contributed by atoms with Crippen LogP contribution in [0.3, 0.4) is 0 Å². The molecule has 0 aliphatic heterocycles. The molecule has 0 saturated heterocycles. The van der Waals surface area contributed by atoms with Gasteiger partial charge in [-0.05, 0) is 42.0 Å². The van der Waals surface area contributed by atoms with Crippen molar-refractivity contribution in [1.82, 2.24) is 4.98 Å². The van der Waals surface area contributed by atoms with Crippen molar-refractivity contribution in [2.24, 2.45) is 0 Å². The van der Waals surface area contributed by atoms with Crippen molar-refractivity contribution in [3.8, 4) is 5.75 Å². The standard InChI is InChI=1S/C21H18N2O2/c1-25-16-9-10-20-18(12-16)21(17-7-2-3-8-19(17)23-20)22-15-6-4-5-14(11-15)13-24/h2-12,24H,13H2,1H3,(H,22,23). The molecule has 4 rings (SSSR count). The Balaban J connectivity index is 1.96. The summed E-state index contributed by atoms with van der Waals surface area (Å²) in [4.78, 5) is 4.75. The van der Waals surface area contributed by atoms with Gasteiger partial charge in [0.1, 0.15) is 5.75 Å². The van der Waals surface area contributed by atoms with Gasteiger partial charge in [0.2, 0.25) is 0 Å². The Labute approximate surface area is 145 Å². The van der Waals surface area contributed by atoms with Crippen molar-refractivity contribution in [2.45, 2.75) is 6.61 Å². The van der Waals surface area contributed by atoms with Crippen molar-refractivity contribution in [1.29, 1.82) is 0 Å². The zero-order valence-electron chi connectivity index (χ0n) is 13.9. The summed E-state index contributed by atoms with van der Waals surface area (Å²) in [6.07, 6.45) is 0. The van der Waals surface area contributed by atoms with E-state index in [1.165, 1.54) is 0 Å². The Morgan fingerprint density at radius 3 is 2.60 bits per heavy atom. The molecule has 4 nitrogen and oxygen atoms in total. The molecular formula is C21H18N2O2. The lowest BCUT2D eigenvalue weighted by Gasteiger charge is -2.14. The molecule has 124 valence electrons. The molecule has 0 spiro atoms. The van der Waals surface area contributed by atoms with Gasteiger partial charge < -0.3 is 15.2 Å². The number of rotatable bonds is 4. The van der Waals surface area contributed by atoms with Crippen molar-refractivity contribution in [3.05, 3.63) is 72.3 Å². The highest BCUT2D eigenvalue weighted by Gasteiger charge is 2.10. The molecule has 0 atom stereocenters. The number of hydrogen-bond donors (Lipinski definition) is 2. The summed E-state index contributed by atoms with van der Waals surface area (Å²) in [7, 11) is 1.66. The fourth-order valence-corrected chi connectivity index (χ4v) is 3.02. The number of nitrogens with zero attached hydrogens (tertiary/aromatic N) is 1. The van der Waals surface area contributed by atoms with E-state index in [2.05, 4.69) is 11.4 Å². The topological polar surface area (TPSA) is 54.4 Å². The number of hydrogen-bond acceptors (Lipinski definition) is 4. The van der Waals surface area contributed by atoms with Gasteiger partial charge in [-0.25, -0.2) is 4.98 Å². The molecule has 4 heteroatoms. The van der Waals surface area contributed by atoms with Crippen LogP contribution in [-0.2, 0) is 6.61 Å². The Kier molecular flexibility index (Phi) is 3.96. The van der Waals surface area contributed by atoms with Gasteiger partial charge in [0.25, 0.3) is 0 Å². The minimum atomic E-state index is 0.0151. The normalized spacial score (nSPS) is 11.0. The Bertz CT molecular complexity index is 1060. The van der Waals surface area contributed by atoms with Crippen LogP contribution in [0, 0.1) is 0 Å². The minimum absolute atomic E-state index is 0.0151. The average Bonchev–Trinajstić information content (AvgIpc) is 2.67. The lowest BCUT2D eigenvalue weighted by atomic mass is 10.1. The van der Waals surface area contributed by atoms with E-state index in [1.54, 1.807) is 7.11 Å². The Morgan fingerprint density at radius 2 is 1.76 bits per heavy atom. The average molecular weight is 330 g/mol. The zero-order valence-corrected chi connectivity index (χ0v) is 13.9. The molecule has 1 aromatic heterocycles. The van der Waals surface area contributed by atoms with Crippen molar-refractivity contribution < 1.29 is 9.84 Å². The number of methoxy groups -OCH3 is 1. The first-order chi connectivity index (χ1) is 12.3. The first-order valence-electron chi connectivity index (χ1n) is 8.12. The quantitative estimate of drug-likeness (QED) is 0.536. The number of para-hydroxylation sites is 1. The number of benzene rings is 3. The number of nitrogens with one attached hydrogen (secondary N) is 1. The fraction of sp³-hybridized carbons (Fsp3) is 0.0952. The zero-order chi connectivity index (χ0) is 17.2. The van der Waals surface area contributed by atoms with Crippen molar-refractivity contribution >= 4 is 33.2 Å². The summed E-state index contributed by atoms with van der Waals surface area (Å²) < 4.78 is 5.39. The maximum absolute atomic E-state index is 9.39. The highest BCUT2D eigenvalue weighted by Crippen LogP contribution is 2.35. The van der Waals surface area contributed by atoms with Crippen molar-refractivity contribution in [2.75, 3.05) is 12.4 Å². The van der Waals surface area contributed by atoms with Gasteiger partial charge >= 0.3 is 0 Å². The van der Waals surface area contributed by atoms with Gasteiger partial charge in [0.05, 0.1) is 30.4 Å². The molecule has 2 N–H and O–H groups in total. The van der Waals surface area contributed by atoms with E-state index in [0.717, 1.165) is 44.5 Å².